The van der Waals surface area contributed by atoms with Crippen LogP contribution in [0.25, 0.3) is 0 Å². The zero-order valence-electron chi connectivity index (χ0n) is 9.56. The molecule has 96 valence electrons. The Morgan fingerprint density at radius 1 is 1.39 bits per heavy atom. The lowest BCUT2D eigenvalue weighted by molar-refractivity contribution is -0.138. The number of thioether (sulfide) groups is 1. The number of hydrogen-bond donors (Lipinski definition) is 1. The molecule has 6 heteroatoms. The molecule has 0 saturated carbocycles. The van der Waals surface area contributed by atoms with E-state index in [1.54, 1.807) is 17.8 Å². The molecule has 1 heterocycles. The lowest BCUT2D eigenvalue weighted by Gasteiger charge is -2.29. The van der Waals surface area contributed by atoms with Crippen LogP contribution in [0.2, 0.25) is 0 Å². The number of benzene rings is 1. The molecule has 0 saturated heterocycles. The quantitative estimate of drug-likeness (QED) is 0.913. The van der Waals surface area contributed by atoms with Crippen molar-refractivity contribution in [2.45, 2.75) is 17.7 Å². The third kappa shape index (κ3) is 2.81. The summed E-state index contributed by atoms with van der Waals surface area (Å²) >= 11 is 1.57. The standard InChI is InChI=1S/C12H12FNO3S/c13-8-1-2-10-9(7-8)14(5-6-18-10)11(15)3-4-12(16)17/h1-2,7H,3-6H2,(H,16,17). The zero-order valence-corrected chi connectivity index (χ0v) is 10.4. The van der Waals surface area contributed by atoms with Gasteiger partial charge in [0.05, 0.1) is 12.1 Å². The van der Waals surface area contributed by atoms with E-state index in [1.807, 2.05) is 0 Å². The van der Waals surface area contributed by atoms with E-state index >= 15 is 0 Å². The number of aliphatic carboxylic acids is 1. The lowest BCUT2D eigenvalue weighted by Crippen LogP contribution is -2.35. The summed E-state index contributed by atoms with van der Waals surface area (Å²) in [6, 6.07) is 4.32. The summed E-state index contributed by atoms with van der Waals surface area (Å²) in [5, 5.41) is 8.57. The minimum Gasteiger partial charge on any atom is -0.481 e. The third-order valence-corrected chi connectivity index (χ3v) is 3.68. The van der Waals surface area contributed by atoms with Crippen LogP contribution in [-0.4, -0.2) is 29.3 Å². The van der Waals surface area contributed by atoms with Gasteiger partial charge in [-0.05, 0) is 18.2 Å². The second-order valence-corrected chi connectivity index (χ2v) is 5.04. The van der Waals surface area contributed by atoms with Crippen LogP contribution in [0.5, 0.6) is 0 Å². The van der Waals surface area contributed by atoms with Gasteiger partial charge in [-0.2, -0.15) is 0 Å². The molecule has 1 aliphatic rings. The molecule has 1 aliphatic heterocycles. The Morgan fingerprint density at radius 2 is 2.17 bits per heavy atom. The molecule has 0 aromatic heterocycles. The Morgan fingerprint density at radius 3 is 2.89 bits per heavy atom. The highest BCUT2D eigenvalue weighted by Gasteiger charge is 2.23. The summed E-state index contributed by atoms with van der Waals surface area (Å²) in [4.78, 5) is 24.7. The van der Waals surface area contributed by atoms with Crippen LogP contribution in [-0.2, 0) is 9.59 Å². The number of rotatable bonds is 3. The van der Waals surface area contributed by atoms with Gasteiger partial charge < -0.3 is 10.0 Å². The van der Waals surface area contributed by atoms with Crippen molar-refractivity contribution in [2.24, 2.45) is 0 Å². The molecule has 0 spiro atoms. The van der Waals surface area contributed by atoms with Gasteiger partial charge in [0.15, 0.2) is 0 Å². The van der Waals surface area contributed by atoms with Gasteiger partial charge >= 0.3 is 5.97 Å². The summed E-state index contributed by atoms with van der Waals surface area (Å²) in [7, 11) is 0. The first kappa shape index (κ1) is 12.9. The van der Waals surface area contributed by atoms with E-state index in [9.17, 15) is 14.0 Å². The fourth-order valence-corrected chi connectivity index (χ4v) is 2.77. The van der Waals surface area contributed by atoms with Crippen molar-refractivity contribution in [1.29, 1.82) is 0 Å². The van der Waals surface area contributed by atoms with Crippen LogP contribution in [0, 0.1) is 5.82 Å². The van der Waals surface area contributed by atoms with Gasteiger partial charge in [0, 0.05) is 23.6 Å². The number of halogens is 1. The van der Waals surface area contributed by atoms with Gasteiger partial charge in [-0.1, -0.05) is 0 Å². The summed E-state index contributed by atoms with van der Waals surface area (Å²) in [5.74, 6) is -0.941. The highest BCUT2D eigenvalue weighted by Crippen LogP contribution is 2.35. The van der Waals surface area contributed by atoms with E-state index in [0.717, 1.165) is 10.6 Å². The first-order chi connectivity index (χ1) is 8.58. The van der Waals surface area contributed by atoms with E-state index in [1.165, 1.54) is 17.0 Å². The van der Waals surface area contributed by atoms with Crippen molar-refractivity contribution in [1.82, 2.24) is 0 Å². The van der Waals surface area contributed by atoms with Crippen molar-refractivity contribution < 1.29 is 19.1 Å². The molecule has 4 nitrogen and oxygen atoms in total. The van der Waals surface area contributed by atoms with Crippen molar-refractivity contribution in [3.63, 3.8) is 0 Å². The zero-order chi connectivity index (χ0) is 13.1. The monoisotopic (exact) mass is 269 g/mol. The molecular weight excluding hydrogens is 257 g/mol. The summed E-state index contributed by atoms with van der Waals surface area (Å²) in [5.41, 5.74) is 0.543. The Bertz CT molecular complexity index is 492. The molecule has 0 radical (unpaired) electrons. The number of hydrogen-bond acceptors (Lipinski definition) is 3. The number of anilines is 1. The molecule has 0 atom stereocenters. The molecule has 1 amide bonds. The maximum atomic E-state index is 13.2. The molecule has 1 aromatic carbocycles. The van der Waals surface area contributed by atoms with Gasteiger partial charge in [0.2, 0.25) is 5.91 Å². The fourth-order valence-electron chi connectivity index (χ4n) is 1.80. The normalized spacial score (nSPS) is 14.2. The summed E-state index contributed by atoms with van der Waals surface area (Å²) < 4.78 is 13.2. The fraction of sp³-hybridized carbons (Fsp3) is 0.333. The smallest absolute Gasteiger partial charge is 0.303 e. The minimum atomic E-state index is -1.01. The number of carbonyl (C=O) groups is 2. The predicted molar refractivity (Wildman–Crippen MR) is 66.3 cm³/mol. The largest absolute Gasteiger partial charge is 0.481 e. The molecule has 0 bridgehead atoms. The van der Waals surface area contributed by atoms with Crippen LogP contribution in [0.1, 0.15) is 12.8 Å². The molecule has 1 N–H and O–H groups in total. The van der Waals surface area contributed by atoms with Crippen molar-refractivity contribution in [2.75, 3.05) is 17.2 Å². The number of amides is 1. The molecule has 0 unspecified atom stereocenters. The first-order valence-corrected chi connectivity index (χ1v) is 6.51. The number of fused-ring (bicyclic) bond motifs is 1. The van der Waals surface area contributed by atoms with Gasteiger partial charge in [-0.15, -0.1) is 11.8 Å². The Labute approximate surface area is 108 Å². The summed E-state index contributed by atoms with van der Waals surface area (Å²) in [6.07, 6.45) is -0.261. The topological polar surface area (TPSA) is 57.6 Å². The van der Waals surface area contributed by atoms with Crippen LogP contribution in [0.4, 0.5) is 10.1 Å². The highest BCUT2D eigenvalue weighted by molar-refractivity contribution is 7.99. The van der Waals surface area contributed by atoms with Gasteiger partial charge in [0.1, 0.15) is 5.82 Å². The first-order valence-electron chi connectivity index (χ1n) is 5.52. The molecule has 0 fully saturated rings. The van der Waals surface area contributed by atoms with Crippen LogP contribution in [0.15, 0.2) is 23.1 Å². The Kier molecular flexibility index (Phi) is 3.86. The lowest BCUT2D eigenvalue weighted by atomic mass is 10.2. The molecular formula is C12H12FNO3S. The number of carboxylic acid groups (broad SMARTS) is 1. The van der Waals surface area contributed by atoms with Crippen molar-refractivity contribution >= 4 is 29.3 Å². The minimum absolute atomic E-state index is 0.0596. The average molecular weight is 269 g/mol. The number of carboxylic acids is 1. The molecule has 0 aliphatic carbocycles. The van der Waals surface area contributed by atoms with E-state index in [0.29, 0.717) is 12.2 Å². The van der Waals surface area contributed by atoms with Crippen LogP contribution >= 0.6 is 11.8 Å². The van der Waals surface area contributed by atoms with E-state index in [2.05, 4.69) is 0 Å². The summed E-state index contributed by atoms with van der Waals surface area (Å²) in [6.45, 7) is 0.486. The second kappa shape index (κ2) is 5.39. The SMILES string of the molecule is O=C(O)CCC(=O)N1CCSc2ccc(F)cc21. The molecule has 18 heavy (non-hydrogen) atoms. The second-order valence-electron chi connectivity index (χ2n) is 3.90. The van der Waals surface area contributed by atoms with E-state index in [4.69, 9.17) is 5.11 Å². The van der Waals surface area contributed by atoms with E-state index in [-0.39, 0.29) is 18.7 Å². The molecule has 1 aromatic rings. The van der Waals surface area contributed by atoms with Crippen LogP contribution in [0.3, 0.4) is 0 Å². The maximum Gasteiger partial charge on any atom is 0.303 e. The third-order valence-electron chi connectivity index (χ3n) is 2.64. The Hall–Kier alpha value is -1.56. The van der Waals surface area contributed by atoms with Crippen molar-refractivity contribution in [3.8, 4) is 0 Å². The number of nitrogens with zero attached hydrogens (tertiary/aromatic N) is 1. The van der Waals surface area contributed by atoms with Crippen LogP contribution < -0.4 is 4.90 Å². The van der Waals surface area contributed by atoms with Gasteiger partial charge in [-0.25, -0.2) is 4.39 Å². The highest BCUT2D eigenvalue weighted by atomic mass is 32.2. The molecule has 2 rings (SSSR count). The predicted octanol–water partition coefficient (Wildman–Crippen LogP) is 2.13. The number of carbonyl (C=O) groups excluding carboxylic acids is 1. The van der Waals surface area contributed by atoms with Gasteiger partial charge in [0.25, 0.3) is 0 Å². The van der Waals surface area contributed by atoms with Gasteiger partial charge in [-0.3, -0.25) is 9.59 Å². The van der Waals surface area contributed by atoms with E-state index < -0.39 is 11.8 Å². The van der Waals surface area contributed by atoms with Crippen molar-refractivity contribution in [3.05, 3.63) is 24.0 Å². The maximum absolute atomic E-state index is 13.2. The Balaban J connectivity index is 2.18. The average Bonchev–Trinajstić information content (AvgIpc) is 2.35.